The number of nitrogens with zero attached hydrogens (tertiary/aromatic N) is 3. The van der Waals surface area contributed by atoms with Crippen molar-refractivity contribution in [2.24, 2.45) is 0 Å². The van der Waals surface area contributed by atoms with Gasteiger partial charge < -0.3 is 28.7 Å². The highest BCUT2D eigenvalue weighted by atomic mass is 32.1. The molecule has 34 heavy (non-hydrogen) atoms. The predicted molar refractivity (Wildman–Crippen MR) is 134 cm³/mol. The molecular formula is C25H31N3O5S. The molecular weight excluding hydrogens is 454 g/mol. The largest absolute Gasteiger partial charge is 0.493 e. The van der Waals surface area contributed by atoms with Crippen LogP contribution >= 0.6 is 11.3 Å². The first-order valence-corrected chi connectivity index (χ1v) is 12.1. The van der Waals surface area contributed by atoms with Gasteiger partial charge in [0, 0.05) is 55.2 Å². The van der Waals surface area contributed by atoms with Crippen molar-refractivity contribution in [3.8, 4) is 11.5 Å². The van der Waals surface area contributed by atoms with Crippen LogP contribution in [0.4, 0.5) is 5.82 Å². The van der Waals surface area contributed by atoms with Crippen molar-refractivity contribution >= 4 is 34.0 Å². The fourth-order valence-electron chi connectivity index (χ4n) is 4.06. The average Bonchev–Trinajstić information content (AvgIpc) is 3.31. The maximum absolute atomic E-state index is 13.4. The van der Waals surface area contributed by atoms with Gasteiger partial charge >= 0.3 is 0 Å². The maximum atomic E-state index is 13.4. The fourth-order valence-corrected chi connectivity index (χ4v) is 4.90. The number of hydrogen-bond donors (Lipinski definition) is 0. The highest BCUT2D eigenvalue weighted by Gasteiger charge is 2.23. The van der Waals surface area contributed by atoms with Crippen molar-refractivity contribution in [2.45, 2.75) is 13.5 Å². The first-order chi connectivity index (χ1) is 16.5. The molecule has 0 spiro atoms. The zero-order valence-electron chi connectivity index (χ0n) is 20.1. The minimum Gasteiger partial charge on any atom is -0.493 e. The molecule has 9 heteroatoms. The summed E-state index contributed by atoms with van der Waals surface area (Å²) in [5.41, 5.74) is 1.78. The Hall–Kier alpha value is -2.88. The zero-order chi connectivity index (χ0) is 24.1. The number of hydrogen-bond acceptors (Lipinski definition) is 8. The van der Waals surface area contributed by atoms with Gasteiger partial charge in [-0.25, -0.2) is 4.98 Å². The van der Waals surface area contributed by atoms with Gasteiger partial charge in [-0.2, -0.15) is 0 Å². The van der Waals surface area contributed by atoms with Crippen LogP contribution in [0.3, 0.4) is 0 Å². The highest BCUT2D eigenvalue weighted by molar-refractivity contribution is 7.13. The number of rotatable bonds is 9. The number of aryl methyl sites for hydroxylation is 1. The molecule has 8 nitrogen and oxygen atoms in total. The van der Waals surface area contributed by atoms with Crippen molar-refractivity contribution in [1.29, 1.82) is 0 Å². The third-order valence-corrected chi connectivity index (χ3v) is 6.84. The molecule has 1 aromatic carbocycles. The first kappa shape index (κ1) is 24.3. The normalized spacial score (nSPS) is 13.8. The molecule has 1 aliphatic heterocycles. The number of fused-ring (bicyclic) bond motifs is 1. The first-order valence-electron chi connectivity index (χ1n) is 11.3. The van der Waals surface area contributed by atoms with Gasteiger partial charge in [-0.05, 0) is 31.2 Å². The van der Waals surface area contributed by atoms with E-state index in [0.717, 1.165) is 45.1 Å². The molecule has 0 N–H and O–H groups in total. The minimum absolute atomic E-state index is 0.00418. The van der Waals surface area contributed by atoms with E-state index >= 15 is 0 Å². The van der Waals surface area contributed by atoms with E-state index in [2.05, 4.69) is 11.0 Å². The van der Waals surface area contributed by atoms with Gasteiger partial charge in [0.05, 0.1) is 44.4 Å². The summed E-state index contributed by atoms with van der Waals surface area (Å²) in [7, 11) is 4.88. The van der Waals surface area contributed by atoms with E-state index in [9.17, 15) is 4.79 Å². The van der Waals surface area contributed by atoms with E-state index in [4.69, 9.17) is 23.9 Å². The lowest BCUT2D eigenvalue weighted by molar-refractivity contribution is 0.0685. The topological polar surface area (TPSA) is 73.4 Å². The lowest BCUT2D eigenvalue weighted by Gasteiger charge is -2.31. The lowest BCUT2D eigenvalue weighted by atomic mass is 10.1. The number of carbonyl (C=O) groups excluding carboxylic acids is 1. The number of morpholine rings is 1. The SMILES string of the molecule is COCCN(Cc1cc2cc(OC)c(OC)cc2nc1N1CCOCC1)C(=O)c1ccc(C)s1. The molecule has 1 aliphatic rings. The Balaban J connectivity index is 1.77. The van der Waals surface area contributed by atoms with E-state index in [1.165, 1.54) is 11.3 Å². The maximum Gasteiger partial charge on any atom is 0.264 e. The van der Waals surface area contributed by atoms with Gasteiger partial charge in [-0.3, -0.25) is 4.79 Å². The van der Waals surface area contributed by atoms with Gasteiger partial charge in [-0.15, -0.1) is 11.3 Å². The van der Waals surface area contributed by atoms with Crippen LogP contribution < -0.4 is 14.4 Å². The smallest absolute Gasteiger partial charge is 0.264 e. The van der Waals surface area contributed by atoms with Crippen molar-refractivity contribution in [3.05, 3.63) is 45.6 Å². The number of thiophene rings is 1. The Kier molecular flexibility index (Phi) is 7.87. The molecule has 0 atom stereocenters. The van der Waals surface area contributed by atoms with Crippen LogP contribution in [0.2, 0.25) is 0 Å². The summed E-state index contributed by atoms with van der Waals surface area (Å²) < 4.78 is 21.9. The Morgan fingerprint density at radius 2 is 1.85 bits per heavy atom. The van der Waals surface area contributed by atoms with E-state index in [1.807, 2.05) is 36.1 Å². The Labute approximate surface area is 204 Å². The van der Waals surface area contributed by atoms with Crippen molar-refractivity contribution in [1.82, 2.24) is 9.88 Å². The number of pyridine rings is 1. The summed E-state index contributed by atoms with van der Waals surface area (Å²) in [5.74, 6) is 2.13. The van der Waals surface area contributed by atoms with Crippen molar-refractivity contribution in [2.75, 3.05) is 65.7 Å². The molecule has 1 amide bonds. The summed E-state index contributed by atoms with van der Waals surface area (Å²) in [4.78, 5) is 24.3. The van der Waals surface area contributed by atoms with E-state index in [0.29, 0.717) is 44.4 Å². The molecule has 0 radical (unpaired) electrons. The highest BCUT2D eigenvalue weighted by Crippen LogP contribution is 2.34. The second-order valence-electron chi connectivity index (χ2n) is 8.10. The van der Waals surface area contributed by atoms with Gasteiger partial charge in [-0.1, -0.05) is 0 Å². The van der Waals surface area contributed by atoms with E-state index in [1.54, 1.807) is 21.3 Å². The van der Waals surface area contributed by atoms with Crippen LogP contribution in [0.25, 0.3) is 10.9 Å². The van der Waals surface area contributed by atoms with Gasteiger partial charge in [0.2, 0.25) is 0 Å². The summed E-state index contributed by atoms with van der Waals surface area (Å²) in [5, 5.41) is 0.927. The van der Waals surface area contributed by atoms with Crippen LogP contribution in [0.1, 0.15) is 20.1 Å². The van der Waals surface area contributed by atoms with E-state index < -0.39 is 0 Å². The molecule has 0 saturated carbocycles. The third kappa shape index (κ3) is 5.27. The number of benzene rings is 1. The average molecular weight is 486 g/mol. The Morgan fingerprint density at radius 3 is 2.50 bits per heavy atom. The second-order valence-corrected chi connectivity index (χ2v) is 9.39. The van der Waals surface area contributed by atoms with Gasteiger partial charge in [0.25, 0.3) is 5.91 Å². The van der Waals surface area contributed by atoms with Gasteiger partial charge in [0.1, 0.15) is 5.82 Å². The van der Waals surface area contributed by atoms with E-state index in [-0.39, 0.29) is 5.91 Å². The number of carbonyl (C=O) groups is 1. The van der Waals surface area contributed by atoms with Crippen molar-refractivity contribution < 1.29 is 23.7 Å². The predicted octanol–water partition coefficient (Wildman–Crippen LogP) is 3.75. The lowest BCUT2D eigenvalue weighted by Crippen LogP contribution is -2.38. The number of methoxy groups -OCH3 is 3. The zero-order valence-corrected chi connectivity index (χ0v) is 20.9. The molecule has 1 fully saturated rings. The van der Waals surface area contributed by atoms with Gasteiger partial charge in [0.15, 0.2) is 11.5 Å². The molecule has 0 bridgehead atoms. The van der Waals surface area contributed by atoms with Crippen LogP contribution in [-0.4, -0.2) is 76.6 Å². The molecule has 0 unspecified atom stereocenters. The van der Waals surface area contributed by atoms with Crippen LogP contribution in [-0.2, 0) is 16.0 Å². The Bertz CT molecular complexity index is 1140. The molecule has 3 heterocycles. The number of aromatic nitrogens is 1. The molecule has 0 aliphatic carbocycles. The molecule has 182 valence electrons. The standard InChI is InChI=1S/C25H31N3O5S/c1-17-5-6-23(34-17)25(29)28(7-10-30-2)16-19-13-18-14-21(31-3)22(32-4)15-20(18)26-24(19)27-8-11-33-12-9-27/h5-6,13-15H,7-12,16H2,1-4H3. The summed E-state index contributed by atoms with van der Waals surface area (Å²) >= 11 is 1.51. The minimum atomic E-state index is -0.00418. The number of ether oxygens (including phenoxy) is 4. The monoisotopic (exact) mass is 485 g/mol. The second kappa shape index (κ2) is 11.0. The van der Waals surface area contributed by atoms with Crippen LogP contribution in [0.15, 0.2) is 30.3 Å². The van der Waals surface area contributed by atoms with Crippen LogP contribution in [0.5, 0.6) is 11.5 Å². The number of anilines is 1. The molecule has 1 saturated heterocycles. The molecule has 3 aromatic rings. The van der Waals surface area contributed by atoms with Crippen LogP contribution in [0, 0.1) is 6.92 Å². The number of amides is 1. The Morgan fingerprint density at radius 1 is 1.12 bits per heavy atom. The fraction of sp³-hybridized carbons (Fsp3) is 0.440. The third-order valence-electron chi connectivity index (χ3n) is 5.85. The quantitative estimate of drug-likeness (QED) is 0.457. The molecule has 2 aromatic heterocycles. The van der Waals surface area contributed by atoms with Crippen molar-refractivity contribution in [3.63, 3.8) is 0 Å². The summed E-state index contributed by atoms with van der Waals surface area (Å²) in [6.07, 6.45) is 0. The molecule has 4 rings (SSSR count). The summed E-state index contributed by atoms with van der Waals surface area (Å²) in [6, 6.07) is 9.79. The summed E-state index contributed by atoms with van der Waals surface area (Å²) in [6.45, 7) is 6.14.